The Kier molecular flexibility index (Phi) is 6.25. The van der Waals surface area contributed by atoms with Crippen LogP contribution in [0.1, 0.15) is 30.9 Å². The number of carbonyl (C=O) groups excluding carboxylic acids is 1. The van der Waals surface area contributed by atoms with Crippen molar-refractivity contribution in [2.45, 2.75) is 32.7 Å². The number of hydrogen-bond donors (Lipinski definition) is 3. The molecule has 0 spiro atoms. The van der Waals surface area contributed by atoms with Gasteiger partial charge in [-0.3, -0.25) is 10.2 Å². The van der Waals surface area contributed by atoms with Crippen molar-refractivity contribution in [2.24, 2.45) is 11.7 Å². The summed E-state index contributed by atoms with van der Waals surface area (Å²) < 4.78 is 6.12. The summed E-state index contributed by atoms with van der Waals surface area (Å²) in [6, 6.07) is 10.1. The Morgan fingerprint density at radius 2 is 2.03 bits per heavy atom. The Bertz CT molecular complexity index is 938. The SMILES string of the molecule is CC(=O)Nc1ccc(N2CCC(COc3ccc4c(c3)CN(C(=N)N)CC4)CC2)nc1. The minimum Gasteiger partial charge on any atom is -0.493 e. The number of nitrogens with one attached hydrogen (secondary N) is 2. The highest BCUT2D eigenvalue weighted by Gasteiger charge is 2.22. The number of benzene rings is 1. The summed E-state index contributed by atoms with van der Waals surface area (Å²) in [7, 11) is 0. The molecule has 0 aliphatic carbocycles. The molecule has 4 N–H and O–H groups in total. The lowest BCUT2D eigenvalue weighted by Crippen LogP contribution is -2.40. The molecule has 2 aliphatic rings. The Hall–Kier alpha value is -3.29. The van der Waals surface area contributed by atoms with Gasteiger partial charge < -0.3 is 25.6 Å². The second-order valence-electron chi connectivity index (χ2n) is 8.31. The molecule has 4 rings (SSSR count). The maximum atomic E-state index is 11.1. The van der Waals surface area contributed by atoms with Gasteiger partial charge in [0.1, 0.15) is 11.6 Å². The summed E-state index contributed by atoms with van der Waals surface area (Å²) in [6.07, 6.45) is 4.72. The minimum absolute atomic E-state index is 0.0922. The van der Waals surface area contributed by atoms with Crippen molar-refractivity contribution in [1.82, 2.24) is 9.88 Å². The molecule has 0 unspecified atom stereocenters. The molecule has 1 amide bonds. The number of ether oxygens (including phenoxy) is 1. The van der Waals surface area contributed by atoms with Gasteiger partial charge in [-0.15, -0.1) is 0 Å². The first-order valence-electron chi connectivity index (χ1n) is 10.8. The van der Waals surface area contributed by atoms with Crippen LogP contribution in [0.15, 0.2) is 36.5 Å². The van der Waals surface area contributed by atoms with Gasteiger partial charge in [0.15, 0.2) is 5.96 Å². The molecule has 0 radical (unpaired) electrons. The van der Waals surface area contributed by atoms with Crippen molar-refractivity contribution in [3.63, 3.8) is 0 Å². The Balaban J connectivity index is 1.27. The van der Waals surface area contributed by atoms with E-state index in [9.17, 15) is 4.79 Å². The molecule has 8 heteroatoms. The van der Waals surface area contributed by atoms with Gasteiger partial charge in [0.05, 0.1) is 18.5 Å². The van der Waals surface area contributed by atoms with Crippen molar-refractivity contribution in [1.29, 1.82) is 5.41 Å². The lowest BCUT2D eigenvalue weighted by molar-refractivity contribution is -0.114. The maximum Gasteiger partial charge on any atom is 0.221 e. The van der Waals surface area contributed by atoms with Gasteiger partial charge in [-0.25, -0.2) is 4.98 Å². The summed E-state index contributed by atoms with van der Waals surface area (Å²) in [5.74, 6) is 2.38. The summed E-state index contributed by atoms with van der Waals surface area (Å²) >= 11 is 0. The number of nitrogens with two attached hydrogens (primary N) is 1. The zero-order valence-corrected chi connectivity index (χ0v) is 17.9. The van der Waals surface area contributed by atoms with Crippen molar-refractivity contribution in [3.05, 3.63) is 47.7 Å². The number of anilines is 2. The van der Waals surface area contributed by atoms with Crippen LogP contribution in [0.4, 0.5) is 11.5 Å². The normalized spacial score (nSPS) is 16.5. The Morgan fingerprint density at radius 1 is 1.23 bits per heavy atom. The minimum atomic E-state index is -0.0922. The molecule has 31 heavy (non-hydrogen) atoms. The zero-order valence-electron chi connectivity index (χ0n) is 17.9. The van der Waals surface area contributed by atoms with Crippen molar-refractivity contribution < 1.29 is 9.53 Å². The molecule has 1 aromatic heterocycles. The van der Waals surface area contributed by atoms with Crippen LogP contribution < -0.4 is 20.7 Å². The molecule has 0 atom stereocenters. The summed E-state index contributed by atoms with van der Waals surface area (Å²) in [4.78, 5) is 19.8. The van der Waals surface area contributed by atoms with E-state index in [2.05, 4.69) is 33.4 Å². The molecule has 164 valence electrons. The van der Waals surface area contributed by atoms with E-state index >= 15 is 0 Å². The number of rotatable bonds is 5. The predicted octanol–water partition coefficient (Wildman–Crippen LogP) is 2.59. The Morgan fingerprint density at radius 3 is 2.71 bits per heavy atom. The fourth-order valence-corrected chi connectivity index (χ4v) is 4.22. The average Bonchev–Trinajstić information content (AvgIpc) is 2.77. The maximum absolute atomic E-state index is 11.1. The third kappa shape index (κ3) is 5.25. The van der Waals surface area contributed by atoms with Crippen LogP contribution >= 0.6 is 0 Å². The number of carbonyl (C=O) groups is 1. The molecular weight excluding hydrogens is 392 g/mol. The summed E-state index contributed by atoms with van der Waals surface area (Å²) in [5, 5.41) is 10.4. The molecule has 0 bridgehead atoms. The highest BCUT2D eigenvalue weighted by molar-refractivity contribution is 5.88. The third-order valence-electron chi connectivity index (χ3n) is 6.02. The van der Waals surface area contributed by atoms with Gasteiger partial charge in [-0.05, 0) is 60.6 Å². The number of hydrogen-bond acceptors (Lipinski definition) is 5. The van der Waals surface area contributed by atoms with Gasteiger partial charge in [-0.2, -0.15) is 0 Å². The van der Waals surface area contributed by atoms with Crippen LogP contribution in [0.5, 0.6) is 5.75 Å². The predicted molar refractivity (Wildman–Crippen MR) is 121 cm³/mol. The van der Waals surface area contributed by atoms with Crippen molar-refractivity contribution >= 4 is 23.4 Å². The van der Waals surface area contributed by atoms with E-state index in [0.717, 1.165) is 56.2 Å². The molecule has 8 nitrogen and oxygen atoms in total. The van der Waals surface area contributed by atoms with Gasteiger partial charge >= 0.3 is 0 Å². The zero-order chi connectivity index (χ0) is 21.8. The first kappa shape index (κ1) is 21.0. The van der Waals surface area contributed by atoms with Crippen LogP contribution in [-0.2, 0) is 17.8 Å². The first-order valence-corrected chi connectivity index (χ1v) is 10.8. The molecular formula is C23H30N6O2. The molecule has 2 aromatic rings. The molecule has 1 saturated heterocycles. The monoisotopic (exact) mass is 422 g/mol. The lowest BCUT2D eigenvalue weighted by atomic mass is 9.97. The summed E-state index contributed by atoms with van der Waals surface area (Å²) in [6.45, 7) is 5.56. The highest BCUT2D eigenvalue weighted by atomic mass is 16.5. The van der Waals surface area contributed by atoms with E-state index in [1.807, 2.05) is 17.0 Å². The van der Waals surface area contributed by atoms with Gasteiger partial charge in [0, 0.05) is 33.1 Å². The standard InChI is InChI=1S/C23H30N6O2/c1-16(30)27-20-3-5-22(26-13-20)28-9-6-17(7-10-28)15-31-21-4-2-18-8-11-29(23(24)25)14-19(18)12-21/h2-5,12-13,17H,6-11,14-15H2,1H3,(H3,24,25)(H,27,30). The van der Waals surface area contributed by atoms with E-state index in [1.165, 1.54) is 18.1 Å². The van der Waals surface area contributed by atoms with E-state index < -0.39 is 0 Å². The Labute approximate surface area is 182 Å². The number of aromatic nitrogens is 1. The van der Waals surface area contributed by atoms with Crippen LogP contribution in [0.25, 0.3) is 0 Å². The fourth-order valence-electron chi connectivity index (χ4n) is 4.22. The second-order valence-corrected chi connectivity index (χ2v) is 8.31. The highest BCUT2D eigenvalue weighted by Crippen LogP contribution is 2.26. The molecule has 3 heterocycles. The molecule has 1 fully saturated rings. The summed E-state index contributed by atoms with van der Waals surface area (Å²) in [5.41, 5.74) is 8.88. The van der Waals surface area contributed by atoms with Crippen LogP contribution in [-0.4, -0.2) is 48.0 Å². The quantitative estimate of drug-likeness (QED) is 0.505. The number of piperidine rings is 1. The van der Waals surface area contributed by atoms with Gasteiger partial charge in [0.2, 0.25) is 5.91 Å². The topological polar surface area (TPSA) is 108 Å². The van der Waals surface area contributed by atoms with E-state index in [4.69, 9.17) is 15.9 Å². The number of pyridine rings is 1. The second kappa shape index (κ2) is 9.24. The van der Waals surface area contributed by atoms with Crippen molar-refractivity contribution in [2.75, 3.05) is 36.5 Å². The van der Waals surface area contributed by atoms with Crippen LogP contribution in [0.3, 0.4) is 0 Å². The molecule has 0 saturated carbocycles. The smallest absolute Gasteiger partial charge is 0.221 e. The van der Waals surface area contributed by atoms with Gasteiger partial charge in [0.25, 0.3) is 0 Å². The largest absolute Gasteiger partial charge is 0.493 e. The number of nitrogens with zero attached hydrogens (tertiary/aromatic N) is 3. The van der Waals surface area contributed by atoms with Crippen LogP contribution in [0.2, 0.25) is 0 Å². The van der Waals surface area contributed by atoms with E-state index in [-0.39, 0.29) is 11.9 Å². The van der Waals surface area contributed by atoms with E-state index in [0.29, 0.717) is 19.1 Å². The van der Waals surface area contributed by atoms with Gasteiger partial charge in [-0.1, -0.05) is 6.07 Å². The fraction of sp³-hybridized carbons (Fsp3) is 0.435. The first-order chi connectivity index (χ1) is 15.0. The number of guanidine groups is 1. The van der Waals surface area contributed by atoms with E-state index in [1.54, 1.807) is 6.20 Å². The third-order valence-corrected chi connectivity index (χ3v) is 6.02. The lowest BCUT2D eigenvalue weighted by Gasteiger charge is -2.33. The van der Waals surface area contributed by atoms with Crippen molar-refractivity contribution in [3.8, 4) is 5.75 Å². The number of amides is 1. The molecule has 1 aromatic carbocycles. The number of fused-ring (bicyclic) bond motifs is 1. The van der Waals surface area contributed by atoms with Crippen LogP contribution in [0, 0.1) is 11.3 Å². The average molecular weight is 423 g/mol. The molecule has 2 aliphatic heterocycles.